The van der Waals surface area contributed by atoms with Crippen LogP contribution in [0.15, 0.2) is 47.1 Å². The lowest BCUT2D eigenvalue weighted by Gasteiger charge is -2.18. The van der Waals surface area contributed by atoms with Crippen LogP contribution in [0.25, 0.3) is 27.3 Å². The van der Waals surface area contributed by atoms with Crippen LogP contribution in [-0.4, -0.2) is 29.3 Å². The van der Waals surface area contributed by atoms with Gasteiger partial charge in [0.15, 0.2) is 16.4 Å². The van der Waals surface area contributed by atoms with E-state index in [0.717, 1.165) is 5.69 Å². The predicted molar refractivity (Wildman–Crippen MR) is 118 cm³/mol. The molecule has 4 aromatic heterocycles. The Morgan fingerprint density at radius 1 is 1.23 bits per heavy atom. The van der Waals surface area contributed by atoms with Crippen LogP contribution in [-0.2, 0) is 0 Å². The Morgan fingerprint density at radius 2 is 2.07 bits per heavy atom. The van der Waals surface area contributed by atoms with Crippen molar-refractivity contribution in [3.05, 3.63) is 69.1 Å². The summed E-state index contributed by atoms with van der Waals surface area (Å²) in [6.07, 6.45) is 3.02. The summed E-state index contributed by atoms with van der Waals surface area (Å²) in [5.41, 5.74) is 3.64. The first-order valence-corrected chi connectivity index (χ1v) is 10.5. The monoisotopic (exact) mass is 437 g/mol. The van der Waals surface area contributed by atoms with E-state index in [9.17, 15) is 4.79 Å². The van der Waals surface area contributed by atoms with Crippen molar-refractivity contribution >= 4 is 44.9 Å². The summed E-state index contributed by atoms with van der Waals surface area (Å²) >= 11 is 7.89. The van der Waals surface area contributed by atoms with Crippen molar-refractivity contribution in [3.63, 3.8) is 0 Å². The maximum atomic E-state index is 13.5. The van der Waals surface area contributed by atoms with Crippen molar-refractivity contribution in [3.8, 4) is 11.1 Å². The third kappa shape index (κ3) is 2.94. The summed E-state index contributed by atoms with van der Waals surface area (Å²) in [6.45, 7) is 3.82. The van der Waals surface area contributed by atoms with Crippen molar-refractivity contribution in [2.24, 2.45) is 0 Å². The molecule has 0 bridgehead atoms. The van der Waals surface area contributed by atoms with Crippen LogP contribution >= 0.6 is 22.9 Å². The average Bonchev–Trinajstić information content (AvgIpc) is 3.36. The molecule has 0 saturated carbocycles. The van der Waals surface area contributed by atoms with Crippen molar-refractivity contribution in [2.75, 3.05) is 5.32 Å². The zero-order valence-corrected chi connectivity index (χ0v) is 17.6. The van der Waals surface area contributed by atoms with Gasteiger partial charge in [0.2, 0.25) is 0 Å². The van der Waals surface area contributed by atoms with Crippen molar-refractivity contribution in [1.29, 1.82) is 0 Å². The Bertz CT molecular complexity index is 1450. The fourth-order valence-corrected chi connectivity index (χ4v) is 4.57. The number of hydrogen-bond acceptors (Lipinski definition) is 7. The number of imidazole rings is 1. The fourth-order valence-electron chi connectivity index (χ4n) is 3.47. The van der Waals surface area contributed by atoms with Gasteiger partial charge in [-0.2, -0.15) is 0 Å². The largest absolute Gasteiger partial charge is 0.360 e. The van der Waals surface area contributed by atoms with Gasteiger partial charge in [0.05, 0.1) is 23.6 Å². The molecule has 0 fully saturated rings. The summed E-state index contributed by atoms with van der Waals surface area (Å²) in [7, 11) is 0. The van der Waals surface area contributed by atoms with Gasteiger partial charge in [-0.25, -0.2) is 19.9 Å². The van der Waals surface area contributed by atoms with Crippen molar-refractivity contribution in [1.82, 2.24) is 29.3 Å². The van der Waals surface area contributed by atoms with Gasteiger partial charge in [-0.3, -0.25) is 9.20 Å². The minimum atomic E-state index is -0.342. The molecule has 4 heterocycles. The molecule has 10 heteroatoms. The summed E-state index contributed by atoms with van der Waals surface area (Å²) in [5, 5.41) is 5.74. The summed E-state index contributed by atoms with van der Waals surface area (Å²) in [4.78, 5) is 34.7. The van der Waals surface area contributed by atoms with E-state index >= 15 is 0 Å². The lowest BCUT2D eigenvalue weighted by Crippen LogP contribution is -2.23. The Labute approximate surface area is 179 Å². The molecule has 0 spiro atoms. The number of nitrogens with one attached hydrogen (secondary N) is 2. The first kappa shape index (κ1) is 18.7. The number of rotatable bonds is 4. The van der Waals surface area contributed by atoms with Crippen LogP contribution in [0.3, 0.4) is 0 Å². The highest BCUT2D eigenvalue weighted by atomic mass is 35.5. The normalized spacial score (nSPS) is 12.5. The maximum Gasteiger partial charge on any atom is 0.267 e. The Morgan fingerprint density at radius 3 is 2.90 bits per heavy atom. The quantitative estimate of drug-likeness (QED) is 0.436. The highest BCUT2D eigenvalue weighted by Gasteiger charge is 2.23. The number of thiazole rings is 1. The van der Waals surface area contributed by atoms with Gasteiger partial charge in [-0.1, -0.05) is 29.8 Å². The van der Waals surface area contributed by atoms with E-state index in [-0.39, 0.29) is 11.6 Å². The number of H-pyrrole nitrogens is 1. The number of fused-ring (bicyclic) bond motifs is 2. The molecular weight excluding hydrogens is 422 g/mol. The Balaban J connectivity index is 1.71. The molecule has 5 rings (SSSR count). The third-order valence-corrected chi connectivity index (χ3v) is 6.17. The van der Waals surface area contributed by atoms with E-state index in [1.165, 1.54) is 17.7 Å². The molecule has 0 aliphatic carbocycles. The molecule has 0 radical (unpaired) electrons. The molecule has 150 valence electrons. The number of nitrogens with zero attached hydrogens (tertiary/aromatic N) is 5. The van der Waals surface area contributed by atoms with Crippen LogP contribution in [0.4, 0.5) is 5.82 Å². The molecule has 0 aliphatic rings. The van der Waals surface area contributed by atoms with Gasteiger partial charge < -0.3 is 10.3 Å². The molecule has 1 unspecified atom stereocenters. The number of anilines is 1. The molecular formula is C20H16ClN7OS. The van der Waals surface area contributed by atoms with Gasteiger partial charge in [0, 0.05) is 21.7 Å². The molecule has 0 amide bonds. The van der Waals surface area contributed by atoms with Crippen LogP contribution in [0, 0.1) is 6.92 Å². The zero-order valence-electron chi connectivity index (χ0n) is 16.0. The van der Waals surface area contributed by atoms with E-state index < -0.39 is 0 Å². The van der Waals surface area contributed by atoms with E-state index in [2.05, 4.69) is 25.3 Å². The fraction of sp³-hybridized carbons (Fsp3) is 0.150. The van der Waals surface area contributed by atoms with E-state index in [0.29, 0.717) is 43.8 Å². The topological polar surface area (TPSA) is 101 Å². The minimum absolute atomic E-state index is 0.150. The minimum Gasteiger partial charge on any atom is -0.360 e. The van der Waals surface area contributed by atoms with Crippen molar-refractivity contribution < 1.29 is 0 Å². The summed E-state index contributed by atoms with van der Waals surface area (Å²) in [6, 6.07) is 6.95. The first-order valence-electron chi connectivity index (χ1n) is 9.21. The van der Waals surface area contributed by atoms with Crippen LogP contribution in [0.2, 0.25) is 5.02 Å². The third-order valence-electron chi connectivity index (χ3n) is 4.89. The second-order valence-corrected chi connectivity index (χ2v) is 8.08. The molecule has 0 aliphatic heterocycles. The molecule has 8 nitrogen and oxygen atoms in total. The highest BCUT2D eigenvalue weighted by Crippen LogP contribution is 2.32. The zero-order chi connectivity index (χ0) is 20.8. The number of halogens is 1. The summed E-state index contributed by atoms with van der Waals surface area (Å²) in [5.74, 6) is 0.559. The Hall–Kier alpha value is -3.30. The number of benzene rings is 1. The van der Waals surface area contributed by atoms with Crippen LogP contribution < -0.4 is 10.9 Å². The maximum absolute atomic E-state index is 13.5. The molecule has 1 aromatic carbocycles. The molecule has 0 saturated heterocycles. The van der Waals surface area contributed by atoms with E-state index in [1.807, 2.05) is 37.4 Å². The van der Waals surface area contributed by atoms with Gasteiger partial charge in [0.1, 0.15) is 11.8 Å². The highest BCUT2D eigenvalue weighted by molar-refractivity contribution is 7.15. The number of hydrogen-bond donors (Lipinski definition) is 2. The molecule has 30 heavy (non-hydrogen) atoms. The lowest BCUT2D eigenvalue weighted by molar-refractivity contribution is 0.826. The standard InChI is InChI=1S/C20H16ClN7OS/c1-10-7-30-20-27-15(11(2)26-18-16-17(23-8-22-16)24-9-25-18)14(19(29)28(10)20)12-5-3-4-6-13(12)21/h3-9,11H,1-2H3,(H2,22,23,24,25,26). The van der Waals surface area contributed by atoms with Crippen LogP contribution in [0.1, 0.15) is 24.4 Å². The summed E-state index contributed by atoms with van der Waals surface area (Å²) < 4.78 is 1.62. The smallest absolute Gasteiger partial charge is 0.267 e. The van der Waals surface area contributed by atoms with Crippen LogP contribution in [0.5, 0.6) is 0 Å². The van der Waals surface area contributed by atoms with E-state index in [4.69, 9.17) is 16.6 Å². The SMILES string of the molecule is Cc1csc2nc(C(C)Nc3ncnc4[nH]cnc34)c(-c3ccccc3Cl)c(=O)n12. The first-order chi connectivity index (χ1) is 14.5. The van der Waals surface area contributed by atoms with Gasteiger partial charge in [-0.15, -0.1) is 11.3 Å². The average molecular weight is 438 g/mol. The van der Waals surface area contributed by atoms with E-state index in [1.54, 1.807) is 16.8 Å². The predicted octanol–water partition coefficient (Wildman–Crippen LogP) is 4.22. The van der Waals surface area contributed by atoms with Gasteiger partial charge in [-0.05, 0) is 19.9 Å². The molecule has 5 aromatic rings. The second kappa shape index (κ2) is 7.19. The second-order valence-electron chi connectivity index (χ2n) is 6.84. The molecule has 2 N–H and O–H groups in total. The number of aromatic amines is 1. The Kier molecular flexibility index (Phi) is 4.48. The number of aryl methyl sites for hydroxylation is 1. The lowest BCUT2D eigenvalue weighted by atomic mass is 10.0. The van der Waals surface area contributed by atoms with Gasteiger partial charge in [0.25, 0.3) is 5.56 Å². The molecule has 1 atom stereocenters. The van der Waals surface area contributed by atoms with Crippen molar-refractivity contribution in [2.45, 2.75) is 19.9 Å². The van der Waals surface area contributed by atoms with Gasteiger partial charge >= 0.3 is 0 Å². The number of aromatic nitrogens is 6.